The minimum Gasteiger partial charge on any atom is -0.392 e. The van der Waals surface area contributed by atoms with Gasteiger partial charge in [-0.1, -0.05) is 29.4 Å². The second kappa shape index (κ2) is 5.56. The van der Waals surface area contributed by atoms with Crippen molar-refractivity contribution in [2.75, 3.05) is 0 Å². The highest BCUT2D eigenvalue weighted by atomic mass is 16.5. The number of hydrogen-bond donors (Lipinski definition) is 2. The minimum absolute atomic E-state index is 0.0792. The zero-order valence-corrected chi connectivity index (χ0v) is 9.68. The Hall–Kier alpha value is -1.72. The van der Waals surface area contributed by atoms with Crippen LogP contribution >= 0.6 is 0 Å². The molecule has 0 unspecified atom stereocenters. The molecule has 0 saturated heterocycles. The lowest BCUT2D eigenvalue weighted by molar-refractivity contribution is 0.282. The average molecular weight is 233 g/mol. The van der Waals surface area contributed by atoms with Crippen molar-refractivity contribution in [2.45, 2.75) is 26.6 Å². The Morgan fingerprint density at radius 1 is 1.18 bits per heavy atom. The van der Waals surface area contributed by atoms with Crippen molar-refractivity contribution in [1.82, 2.24) is 15.5 Å². The van der Waals surface area contributed by atoms with E-state index in [9.17, 15) is 0 Å². The number of aliphatic hydroxyl groups excluding tert-OH is 1. The Morgan fingerprint density at radius 3 is 2.47 bits per heavy atom. The molecule has 0 spiro atoms. The number of benzene rings is 1. The van der Waals surface area contributed by atoms with Crippen molar-refractivity contribution in [3.63, 3.8) is 0 Å². The summed E-state index contributed by atoms with van der Waals surface area (Å²) in [6.07, 6.45) is 0. The monoisotopic (exact) mass is 233 g/mol. The van der Waals surface area contributed by atoms with Gasteiger partial charge in [0.25, 0.3) is 0 Å². The molecule has 17 heavy (non-hydrogen) atoms. The SMILES string of the molecule is Cc1nc(CNCc2ccc(CO)cc2)no1. The predicted molar refractivity (Wildman–Crippen MR) is 61.9 cm³/mol. The lowest BCUT2D eigenvalue weighted by atomic mass is 10.1. The van der Waals surface area contributed by atoms with Gasteiger partial charge in [-0.05, 0) is 11.1 Å². The Balaban J connectivity index is 1.81. The number of aromatic nitrogens is 2. The van der Waals surface area contributed by atoms with Crippen LogP contribution in [0.4, 0.5) is 0 Å². The number of nitrogens with one attached hydrogen (secondary N) is 1. The first kappa shape index (κ1) is 11.8. The van der Waals surface area contributed by atoms with E-state index in [1.54, 1.807) is 6.92 Å². The van der Waals surface area contributed by atoms with Gasteiger partial charge < -0.3 is 14.9 Å². The lowest BCUT2D eigenvalue weighted by Gasteiger charge is -2.03. The van der Waals surface area contributed by atoms with Gasteiger partial charge in [-0.25, -0.2) is 0 Å². The summed E-state index contributed by atoms with van der Waals surface area (Å²) < 4.78 is 4.87. The van der Waals surface area contributed by atoms with Gasteiger partial charge >= 0.3 is 0 Å². The first-order chi connectivity index (χ1) is 8.28. The number of nitrogens with zero attached hydrogens (tertiary/aromatic N) is 2. The van der Waals surface area contributed by atoms with Gasteiger partial charge in [0.05, 0.1) is 13.2 Å². The third-order valence-corrected chi connectivity index (χ3v) is 2.39. The molecule has 0 fully saturated rings. The second-order valence-corrected chi connectivity index (χ2v) is 3.81. The van der Waals surface area contributed by atoms with Gasteiger partial charge in [0, 0.05) is 13.5 Å². The first-order valence-corrected chi connectivity index (χ1v) is 5.46. The normalized spacial score (nSPS) is 10.7. The highest BCUT2D eigenvalue weighted by Crippen LogP contribution is 2.04. The van der Waals surface area contributed by atoms with Crippen molar-refractivity contribution in [3.05, 3.63) is 47.1 Å². The van der Waals surface area contributed by atoms with Crippen molar-refractivity contribution >= 4 is 0 Å². The van der Waals surface area contributed by atoms with E-state index in [-0.39, 0.29) is 6.61 Å². The molecule has 0 aliphatic carbocycles. The highest BCUT2D eigenvalue weighted by Gasteiger charge is 2.01. The molecule has 0 saturated carbocycles. The Morgan fingerprint density at radius 2 is 1.88 bits per heavy atom. The fourth-order valence-electron chi connectivity index (χ4n) is 1.49. The molecule has 90 valence electrons. The Bertz CT molecular complexity index is 465. The zero-order valence-electron chi connectivity index (χ0n) is 9.68. The van der Waals surface area contributed by atoms with Gasteiger partial charge in [0.15, 0.2) is 5.82 Å². The fourth-order valence-corrected chi connectivity index (χ4v) is 1.49. The highest BCUT2D eigenvalue weighted by molar-refractivity contribution is 5.21. The van der Waals surface area contributed by atoms with E-state index >= 15 is 0 Å². The molecular formula is C12H15N3O2. The van der Waals surface area contributed by atoms with Crippen LogP contribution in [0.2, 0.25) is 0 Å². The van der Waals surface area contributed by atoms with Crippen LogP contribution in [0.25, 0.3) is 0 Å². The smallest absolute Gasteiger partial charge is 0.223 e. The van der Waals surface area contributed by atoms with Gasteiger partial charge in [0.1, 0.15) is 0 Å². The van der Waals surface area contributed by atoms with Crippen LogP contribution in [-0.4, -0.2) is 15.2 Å². The lowest BCUT2D eigenvalue weighted by Crippen LogP contribution is -2.13. The van der Waals surface area contributed by atoms with Crippen LogP contribution in [0.15, 0.2) is 28.8 Å². The molecule has 2 N–H and O–H groups in total. The van der Waals surface area contributed by atoms with E-state index in [1.165, 1.54) is 0 Å². The summed E-state index contributed by atoms with van der Waals surface area (Å²) in [7, 11) is 0. The average Bonchev–Trinajstić information content (AvgIpc) is 2.76. The molecule has 1 aromatic heterocycles. The number of aliphatic hydroxyl groups is 1. The summed E-state index contributed by atoms with van der Waals surface area (Å²) in [5, 5.41) is 15.9. The molecular weight excluding hydrogens is 218 g/mol. The Labute approximate surface area is 99.5 Å². The third-order valence-electron chi connectivity index (χ3n) is 2.39. The van der Waals surface area contributed by atoms with Crippen LogP contribution < -0.4 is 5.32 Å². The molecule has 5 heteroatoms. The summed E-state index contributed by atoms with van der Waals surface area (Å²) in [4.78, 5) is 4.10. The van der Waals surface area contributed by atoms with Crippen molar-refractivity contribution in [1.29, 1.82) is 0 Å². The zero-order chi connectivity index (χ0) is 12.1. The van der Waals surface area contributed by atoms with Crippen LogP contribution in [0.5, 0.6) is 0 Å². The minimum atomic E-state index is 0.0792. The molecule has 0 aliphatic rings. The van der Waals surface area contributed by atoms with Crippen LogP contribution in [-0.2, 0) is 19.7 Å². The largest absolute Gasteiger partial charge is 0.392 e. The van der Waals surface area contributed by atoms with E-state index in [4.69, 9.17) is 9.63 Å². The number of rotatable bonds is 5. The summed E-state index contributed by atoms with van der Waals surface area (Å²) >= 11 is 0. The number of hydrogen-bond acceptors (Lipinski definition) is 5. The van der Waals surface area contributed by atoms with E-state index in [2.05, 4.69) is 15.5 Å². The van der Waals surface area contributed by atoms with Gasteiger partial charge in [-0.15, -0.1) is 0 Å². The molecule has 2 rings (SSSR count). The van der Waals surface area contributed by atoms with Gasteiger partial charge in [0.2, 0.25) is 5.89 Å². The summed E-state index contributed by atoms with van der Waals surface area (Å²) in [5.74, 6) is 1.24. The van der Waals surface area contributed by atoms with E-state index in [0.717, 1.165) is 17.7 Å². The van der Waals surface area contributed by atoms with Crippen molar-refractivity contribution in [3.8, 4) is 0 Å². The summed E-state index contributed by atoms with van der Waals surface area (Å²) in [6, 6.07) is 7.80. The molecule has 0 aliphatic heterocycles. The van der Waals surface area contributed by atoms with Crippen LogP contribution in [0.1, 0.15) is 22.8 Å². The molecule has 0 bridgehead atoms. The summed E-state index contributed by atoms with van der Waals surface area (Å²) in [6.45, 7) is 3.17. The van der Waals surface area contributed by atoms with E-state index in [0.29, 0.717) is 18.3 Å². The topological polar surface area (TPSA) is 71.2 Å². The molecule has 0 amide bonds. The van der Waals surface area contributed by atoms with Gasteiger partial charge in [-0.2, -0.15) is 4.98 Å². The third kappa shape index (κ3) is 3.37. The molecule has 1 aromatic carbocycles. The van der Waals surface area contributed by atoms with Crippen molar-refractivity contribution < 1.29 is 9.63 Å². The maximum Gasteiger partial charge on any atom is 0.223 e. The Kier molecular flexibility index (Phi) is 3.85. The first-order valence-electron chi connectivity index (χ1n) is 5.46. The molecule has 1 heterocycles. The standard InChI is InChI=1S/C12H15N3O2/c1-9-14-12(15-17-9)7-13-6-10-2-4-11(8-16)5-3-10/h2-5,13,16H,6-8H2,1H3. The fraction of sp³-hybridized carbons (Fsp3) is 0.333. The quantitative estimate of drug-likeness (QED) is 0.811. The molecule has 0 atom stereocenters. The maximum absolute atomic E-state index is 8.91. The van der Waals surface area contributed by atoms with Crippen molar-refractivity contribution in [2.24, 2.45) is 0 Å². The second-order valence-electron chi connectivity index (χ2n) is 3.81. The van der Waals surface area contributed by atoms with Gasteiger partial charge in [-0.3, -0.25) is 0 Å². The molecule has 2 aromatic rings. The maximum atomic E-state index is 8.91. The van der Waals surface area contributed by atoms with Crippen LogP contribution in [0, 0.1) is 6.92 Å². The van der Waals surface area contributed by atoms with Crippen LogP contribution in [0.3, 0.4) is 0 Å². The van der Waals surface area contributed by atoms with E-state index < -0.39 is 0 Å². The molecule has 5 nitrogen and oxygen atoms in total. The van der Waals surface area contributed by atoms with E-state index in [1.807, 2.05) is 24.3 Å². The summed E-state index contributed by atoms with van der Waals surface area (Å²) in [5.41, 5.74) is 2.07. The number of aryl methyl sites for hydroxylation is 1. The molecule has 0 radical (unpaired) electrons. The predicted octanol–water partition coefficient (Wildman–Crippen LogP) is 1.16.